The number of rotatable bonds is 7. The molecule has 2 aliphatic heterocycles. The molecule has 2 nitrogen and oxygen atoms in total. The molecule has 2 N–H and O–H groups in total. The van der Waals surface area contributed by atoms with Crippen LogP contribution >= 0.6 is 0 Å². The predicted octanol–water partition coefficient (Wildman–Crippen LogP) is 12.6. The third-order valence-electron chi connectivity index (χ3n) is 16.0. The highest BCUT2D eigenvalue weighted by Gasteiger charge is 2.69. The Labute approximate surface area is 344 Å². The van der Waals surface area contributed by atoms with Crippen molar-refractivity contribution in [2.24, 2.45) is 11.7 Å². The van der Waals surface area contributed by atoms with Crippen LogP contribution in [0.1, 0.15) is 126 Å². The molecule has 0 amide bonds. The first kappa shape index (κ1) is 34.8. The smallest absolute Gasteiger partial charge is 0.0500 e. The van der Waals surface area contributed by atoms with Crippen molar-refractivity contribution in [3.63, 3.8) is 0 Å². The van der Waals surface area contributed by atoms with Crippen molar-refractivity contribution in [2.45, 2.75) is 99.0 Å². The van der Waals surface area contributed by atoms with Crippen LogP contribution in [0.15, 0.2) is 157 Å². The lowest BCUT2D eigenvalue weighted by Crippen LogP contribution is -2.40. The molecule has 8 unspecified atom stereocenters. The maximum Gasteiger partial charge on any atom is 0.0500 e. The molecule has 0 saturated carbocycles. The molecular formula is C56H54N2. The molecule has 2 heterocycles. The third kappa shape index (κ3) is 4.76. The summed E-state index contributed by atoms with van der Waals surface area (Å²) in [4.78, 5) is 2.70. The van der Waals surface area contributed by atoms with Gasteiger partial charge in [-0.15, -0.1) is 0 Å². The van der Waals surface area contributed by atoms with E-state index >= 15 is 0 Å². The monoisotopic (exact) mass is 754 g/mol. The first-order valence-electron chi connectivity index (χ1n) is 22.4. The Kier molecular flexibility index (Phi) is 8.06. The minimum atomic E-state index is -0.218. The van der Waals surface area contributed by atoms with Gasteiger partial charge < -0.3 is 5.73 Å². The van der Waals surface area contributed by atoms with Gasteiger partial charge in [0.05, 0.1) is 5.41 Å². The molecule has 5 aromatic rings. The number of allylic oxidation sites excluding steroid dienone is 7. The van der Waals surface area contributed by atoms with Gasteiger partial charge in [-0.1, -0.05) is 139 Å². The third-order valence-corrected chi connectivity index (χ3v) is 16.0. The van der Waals surface area contributed by atoms with E-state index in [0.29, 0.717) is 23.8 Å². The molecule has 7 aliphatic rings. The minimum absolute atomic E-state index is 0.163. The Morgan fingerprint density at radius 3 is 2.34 bits per heavy atom. The quantitative estimate of drug-likeness (QED) is 0.102. The Hall–Kier alpha value is -5.18. The zero-order valence-electron chi connectivity index (χ0n) is 33.6. The number of hydrogen-bond acceptors (Lipinski definition) is 2. The van der Waals surface area contributed by atoms with Crippen molar-refractivity contribution in [1.29, 1.82) is 0 Å². The summed E-state index contributed by atoms with van der Waals surface area (Å²) in [6.07, 6.45) is 25.2. The Balaban J connectivity index is 1.13. The van der Waals surface area contributed by atoms with Gasteiger partial charge in [0.25, 0.3) is 0 Å². The molecule has 0 radical (unpaired) electrons. The van der Waals surface area contributed by atoms with Crippen LogP contribution in [0.25, 0.3) is 16.7 Å². The summed E-state index contributed by atoms with van der Waals surface area (Å²) < 4.78 is 0. The highest BCUT2D eigenvalue weighted by molar-refractivity contribution is 5.87. The molecule has 288 valence electrons. The van der Waals surface area contributed by atoms with Crippen LogP contribution in [-0.2, 0) is 17.3 Å². The van der Waals surface area contributed by atoms with Crippen molar-refractivity contribution in [3.05, 3.63) is 207 Å². The molecule has 58 heavy (non-hydrogen) atoms. The second-order valence-electron chi connectivity index (χ2n) is 18.4. The van der Waals surface area contributed by atoms with Crippen LogP contribution in [0.4, 0.5) is 0 Å². The number of fused-ring (bicyclic) bond motifs is 12. The molecule has 1 spiro atoms. The maximum atomic E-state index is 5.77. The molecule has 2 saturated heterocycles. The summed E-state index contributed by atoms with van der Waals surface area (Å²) in [5.41, 5.74) is 25.3. The Morgan fingerprint density at radius 2 is 1.52 bits per heavy atom. The fraction of sp³-hybridized carbons (Fsp3) is 0.321. The molecule has 0 aromatic heterocycles. The molecule has 5 aliphatic carbocycles. The second-order valence-corrected chi connectivity index (χ2v) is 18.4. The standard InChI is InChI=1S/C56H54N2/c57-33-15-3-4-16-37-34-39(52-32-29-42-36-58(42)52)28-30-43(37)38-27-31-47-51(35-38)55(40-17-5-1-6-18-40,41-19-7-2-8-20-41)53-46-23-11-14-26-50(46)56(54(47)53)48-24-12-9-21-44(48)45-22-10-13-25-49(45)56/h1,3-7,9,11-12,14-15,17-19,21,23-24,26-28,30-31,33-35,41-42,52-54H,2,8,10,13,16,20,22,25,29,32,36,57H2/b4-3-,33-15-. The summed E-state index contributed by atoms with van der Waals surface area (Å²) in [5.74, 6) is 1.01. The van der Waals surface area contributed by atoms with Crippen LogP contribution in [0.3, 0.4) is 0 Å². The fourth-order valence-electron chi connectivity index (χ4n) is 13.9. The van der Waals surface area contributed by atoms with E-state index in [9.17, 15) is 0 Å². The molecule has 2 heteroatoms. The van der Waals surface area contributed by atoms with Crippen molar-refractivity contribution in [2.75, 3.05) is 6.54 Å². The average molecular weight is 755 g/mol. The van der Waals surface area contributed by atoms with E-state index in [0.717, 1.165) is 12.5 Å². The summed E-state index contributed by atoms with van der Waals surface area (Å²) >= 11 is 0. The van der Waals surface area contributed by atoms with Gasteiger partial charge in [0.1, 0.15) is 0 Å². The zero-order chi connectivity index (χ0) is 38.4. The van der Waals surface area contributed by atoms with Gasteiger partial charge in [0.15, 0.2) is 0 Å². The van der Waals surface area contributed by atoms with Gasteiger partial charge in [-0.05, 0) is 155 Å². The van der Waals surface area contributed by atoms with Gasteiger partial charge in [0, 0.05) is 35.9 Å². The SMILES string of the molecule is N/C=C\C=C/Cc1cc(C2CCC3CN32)ccc1-c1ccc2c(c1)C(c1ccccc1)(C1C=CCCC1)C1c3ccccc3C3(C4=C(CCCC4)c4ccccc43)C21. The van der Waals surface area contributed by atoms with Crippen molar-refractivity contribution < 1.29 is 0 Å². The fourth-order valence-corrected chi connectivity index (χ4v) is 13.9. The number of benzene rings is 5. The van der Waals surface area contributed by atoms with Crippen LogP contribution in [0.5, 0.6) is 0 Å². The van der Waals surface area contributed by atoms with Gasteiger partial charge >= 0.3 is 0 Å². The average Bonchev–Trinajstić information content (AvgIpc) is 3.55. The maximum absolute atomic E-state index is 5.77. The first-order valence-corrected chi connectivity index (χ1v) is 22.4. The van der Waals surface area contributed by atoms with Crippen LogP contribution in [0, 0.1) is 5.92 Å². The lowest BCUT2D eigenvalue weighted by Gasteiger charge is -2.45. The first-order chi connectivity index (χ1) is 28.7. The zero-order valence-corrected chi connectivity index (χ0v) is 33.6. The van der Waals surface area contributed by atoms with Crippen LogP contribution < -0.4 is 5.73 Å². The lowest BCUT2D eigenvalue weighted by atomic mass is 9.57. The molecule has 12 rings (SSSR count). The second kappa shape index (κ2) is 13.4. The molecule has 8 atom stereocenters. The Morgan fingerprint density at radius 1 is 0.690 bits per heavy atom. The van der Waals surface area contributed by atoms with Gasteiger partial charge in [-0.3, -0.25) is 4.90 Å². The van der Waals surface area contributed by atoms with Gasteiger partial charge in [-0.25, -0.2) is 0 Å². The summed E-state index contributed by atoms with van der Waals surface area (Å²) in [6.45, 7) is 1.26. The summed E-state index contributed by atoms with van der Waals surface area (Å²) in [7, 11) is 0. The molecule has 2 fully saturated rings. The van der Waals surface area contributed by atoms with E-state index in [1.165, 1.54) is 97.7 Å². The van der Waals surface area contributed by atoms with E-state index < -0.39 is 0 Å². The number of piperidine rings is 1. The molecule has 5 aromatic carbocycles. The molecular weight excluding hydrogens is 701 g/mol. The van der Waals surface area contributed by atoms with Crippen LogP contribution in [-0.4, -0.2) is 17.5 Å². The number of nitrogens with zero attached hydrogens (tertiary/aromatic N) is 1. The topological polar surface area (TPSA) is 29.0 Å². The van der Waals surface area contributed by atoms with Crippen molar-refractivity contribution in [1.82, 2.24) is 4.90 Å². The van der Waals surface area contributed by atoms with Crippen molar-refractivity contribution in [3.8, 4) is 11.1 Å². The largest absolute Gasteiger partial charge is 0.405 e. The summed E-state index contributed by atoms with van der Waals surface area (Å²) in [5, 5.41) is 0. The van der Waals surface area contributed by atoms with Crippen molar-refractivity contribution >= 4 is 5.57 Å². The summed E-state index contributed by atoms with van der Waals surface area (Å²) in [6, 6.07) is 47.9. The predicted molar refractivity (Wildman–Crippen MR) is 239 cm³/mol. The normalized spacial score (nSPS) is 31.1. The van der Waals surface area contributed by atoms with E-state index in [-0.39, 0.29) is 10.8 Å². The Bertz CT molecular complexity index is 2570. The van der Waals surface area contributed by atoms with Gasteiger partial charge in [0.2, 0.25) is 0 Å². The van der Waals surface area contributed by atoms with E-state index in [2.05, 4.69) is 144 Å². The highest BCUT2D eigenvalue weighted by atomic mass is 15.3. The number of nitrogens with two attached hydrogens (primary N) is 1. The van der Waals surface area contributed by atoms with E-state index in [4.69, 9.17) is 5.73 Å². The molecule has 0 bridgehead atoms. The number of hydrogen-bond donors (Lipinski definition) is 1. The van der Waals surface area contributed by atoms with Crippen LogP contribution in [0.2, 0.25) is 0 Å². The minimum Gasteiger partial charge on any atom is -0.405 e. The van der Waals surface area contributed by atoms with E-state index in [1.807, 2.05) is 6.08 Å². The highest BCUT2D eigenvalue weighted by Crippen LogP contribution is 2.77. The van der Waals surface area contributed by atoms with E-state index in [1.54, 1.807) is 45.2 Å². The lowest BCUT2D eigenvalue weighted by molar-refractivity contribution is 0.281. The van der Waals surface area contributed by atoms with Gasteiger partial charge in [-0.2, -0.15) is 0 Å².